The highest BCUT2D eigenvalue weighted by molar-refractivity contribution is 5.97. The summed E-state index contributed by atoms with van der Waals surface area (Å²) >= 11 is 0. The monoisotopic (exact) mass is 334 g/mol. The van der Waals surface area contributed by atoms with Crippen molar-refractivity contribution in [3.63, 3.8) is 0 Å². The van der Waals surface area contributed by atoms with Crippen LogP contribution in [0.1, 0.15) is 33.5 Å². The van der Waals surface area contributed by atoms with Crippen LogP contribution in [0, 0.1) is 6.92 Å². The molecule has 0 fully saturated rings. The number of aryl methyl sites for hydroxylation is 2. The number of benzene rings is 2. The second kappa shape index (κ2) is 6.20. The summed E-state index contributed by atoms with van der Waals surface area (Å²) in [6.07, 6.45) is 2.52. The minimum atomic E-state index is -0.253. The number of ketones is 1. The van der Waals surface area contributed by atoms with Gasteiger partial charge in [-0.1, -0.05) is 30.3 Å². The molecule has 0 unspecified atom stereocenters. The van der Waals surface area contributed by atoms with Gasteiger partial charge in [-0.25, -0.2) is 4.79 Å². The van der Waals surface area contributed by atoms with Gasteiger partial charge in [-0.2, -0.15) is 0 Å². The van der Waals surface area contributed by atoms with E-state index in [4.69, 9.17) is 9.15 Å². The molecule has 126 valence electrons. The number of ether oxygens (including phenoxy) is 1. The van der Waals surface area contributed by atoms with Crippen LogP contribution in [0.15, 0.2) is 51.7 Å². The topological polar surface area (TPSA) is 56.5 Å². The largest absolute Gasteiger partial charge is 0.485 e. The van der Waals surface area contributed by atoms with Crippen LogP contribution in [-0.4, -0.2) is 12.4 Å². The van der Waals surface area contributed by atoms with Gasteiger partial charge in [0.2, 0.25) is 0 Å². The van der Waals surface area contributed by atoms with Crippen LogP contribution >= 0.6 is 0 Å². The Morgan fingerprint density at radius 1 is 1.12 bits per heavy atom. The minimum Gasteiger partial charge on any atom is -0.485 e. The van der Waals surface area contributed by atoms with Gasteiger partial charge >= 0.3 is 5.63 Å². The second-order valence-electron chi connectivity index (χ2n) is 6.41. The first-order valence-corrected chi connectivity index (χ1v) is 8.44. The van der Waals surface area contributed by atoms with Crippen molar-refractivity contribution in [1.29, 1.82) is 0 Å². The van der Waals surface area contributed by atoms with Gasteiger partial charge in [0.05, 0.1) is 5.39 Å². The average molecular weight is 334 g/mol. The van der Waals surface area contributed by atoms with Crippen molar-refractivity contribution in [2.24, 2.45) is 0 Å². The number of Topliss-reactive ketones (excluding diaryl/α,β-unsaturated/α-hetero) is 1. The van der Waals surface area contributed by atoms with Crippen LogP contribution in [0.3, 0.4) is 0 Å². The molecule has 1 aliphatic rings. The lowest BCUT2D eigenvalue weighted by atomic mass is 10.0. The van der Waals surface area contributed by atoms with Crippen molar-refractivity contribution < 1.29 is 13.9 Å². The fourth-order valence-electron chi connectivity index (χ4n) is 3.47. The fourth-order valence-corrected chi connectivity index (χ4v) is 3.47. The van der Waals surface area contributed by atoms with E-state index in [2.05, 4.69) is 0 Å². The number of carbonyl (C=O) groups excluding carboxylic acids is 1. The van der Waals surface area contributed by atoms with Gasteiger partial charge in [-0.3, -0.25) is 4.79 Å². The molecule has 25 heavy (non-hydrogen) atoms. The van der Waals surface area contributed by atoms with E-state index in [1.807, 2.05) is 37.3 Å². The van der Waals surface area contributed by atoms with Crippen LogP contribution in [0.5, 0.6) is 5.75 Å². The molecule has 0 N–H and O–H groups in total. The van der Waals surface area contributed by atoms with E-state index in [1.165, 1.54) is 0 Å². The summed E-state index contributed by atoms with van der Waals surface area (Å²) in [6.45, 7) is 1.87. The van der Waals surface area contributed by atoms with E-state index in [1.54, 1.807) is 12.1 Å². The van der Waals surface area contributed by atoms with E-state index in [0.29, 0.717) is 16.9 Å². The summed E-state index contributed by atoms with van der Waals surface area (Å²) in [5.74, 6) is 0.533. The first kappa shape index (κ1) is 15.6. The Labute approximate surface area is 145 Å². The third-order valence-corrected chi connectivity index (χ3v) is 4.63. The van der Waals surface area contributed by atoms with Gasteiger partial charge in [0.15, 0.2) is 12.4 Å². The van der Waals surface area contributed by atoms with E-state index in [9.17, 15) is 9.59 Å². The molecule has 0 spiro atoms. The van der Waals surface area contributed by atoms with Gasteiger partial charge in [0.25, 0.3) is 0 Å². The van der Waals surface area contributed by atoms with Crippen molar-refractivity contribution in [1.82, 2.24) is 0 Å². The van der Waals surface area contributed by atoms with Gasteiger partial charge in [0.1, 0.15) is 11.3 Å². The van der Waals surface area contributed by atoms with E-state index < -0.39 is 0 Å². The molecular weight excluding hydrogens is 316 g/mol. The van der Waals surface area contributed by atoms with E-state index in [-0.39, 0.29) is 18.0 Å². The van der Waals surface area contributed by atoms with Crippen molar-refractivity contribution >= 4 is 16.8 Å². The van der Waals surface area contributed by atoms with Crippen LogP contribution in [-0.2, 0) is 12.8 Å². The molecule has 0 saturated heterocycles. The van der Waals surface area contributed by atoms with Gasteiger partial charge < -0.3 is 9.15 Å². The third-order valence-electron chi connectivity index (χ3n) is 4.63. The third kappa shape index (κ3) is 2.84. The predicted molar refractivity (Wildman–Crippen MR) is 95.5 cm³/mol. The average Bonchev–Trinajstić information content (AvgIpc) is 3.10. The molecule has 0 aliphatic heterocycles. The Bertz CT molecular complexity index is 1020. The number of fused-ring (bicyclic) bond motifs is 3. The smallest absolute Gasteiger partial charge is 0.339 e. The van der Waals surface area contributed by atoms with Gasteiger partial charge in [0, 0.05) is 11.1 Å². The van der Waals surface area contributed by atoms with Crippen molar-refractivity contribution in [2.75, 3.05) is 6.61 Å². The normalized spacial score (nSPS) is 13.0. The molecule has 2 aromatic carbocycles. The molecule has 0 atom stereocenters. The predicted octanol–water partition coefficient (Wildman–Crippen LogP) is 3.85. The number of hydrogen-bond acceptors (Lipinski definition) is 4. The fraction of sp³-hybridized carbons (Fsp3) is 0.238. The Hall–Kier alpha value is -2.88. The summed E-state index contributed by atoms with van der Waals surface area (Å²) in [7, 11) is 0. The van der Waals surface area contributed by atoms with Gasteiger partial charge in [-0.15, -0.1) is 0 Å². The highest BCUT2D eigenvalue weighted by atomic mass is 16.5. The zero-order valence-corrected chi connectivity index (χ0v) is 14.0. The maximum Gasteiger partial charge on any atom is 0.339 e. The highest BCUT2D eigenvalue weighted by Gasteiger charge is 2.22. The standard InChI is InChI=1S/C21H18O4/c1-13-10-18(24-12-17(22)14-6-3-2-4-7-14)20-15-8-5-9-16(15)21(23)25-19(20)11-13/h2-4,6-7,10-11H,5,8-9,12H2,1H3. The lowest BCUT2D eigenvalue weighted by Crippen LogP contribution is -2.13. The zero-order chi connectivity index (χ0) is 17.4. The Kier molecular flexibility index (Phi) is 3.88. The Balaban J connectivity index is 1.73. The summed E-state index contributed by atoms with van der Waals surface area (Å²) < 4.78 is 11.4. The Morgan fingerprint density at radius 2 is 1.88 bits per heavy atom. The maximum absolute atomic E-state index is 12.3. The van der Waals surface area contributed by atoms with Crippen LogP contribution < -0.4 is 10.4 Å². The number of rotatable bonds is 4. The lowest BCUT2D eigenvalue weighted by molar-refractivity contribution is 0.0922. The number of carbonyl (C=O) groups is 1. The molecule has 1 aromatic heterocycles. The first-order valence-electron chi connectivity index (χ1n) is 8.44. The Morgan fingerprint density at radius 3 is 2.68 bits per heavy atom. The lowest BCUT2D eigenvalue weighted by Gasteiger charge is -2.12. The summed E-state index contributed by atoms with van der Waals surface area (Å²) in [5, 5.41) is 0.832. The van der Waals surface area contributed by atoms with Crippen molar-refractivity contribution in [3.05, 3.63) is 75.1 Å². The second-order valence-corrected chi connectivity index (χ2v) is 6.41. The summed E-state index contributed by atoms with van der Waals surface area (Å²) in [4.78, 5) is 24.5. The van der Waals surface area contributed by atoms with E-state index >= 15 is 0 Å². The summed E-state index contributed by atoms with van der Waals surface area (Å²) in [5.41, 5.74) is 3.58. The summed E-state index contributed by atoms with van der Waals surface area (Å²) in [6, 6.07) is 12.8. The molecule has 3 aromatic rings. The highest BCUT2D eigenvalue weighted by Crippen LogP contribution is 2.35. The quantitative estimate of drug-likeness (QED) is 0.537. The molecule has 0 saturated carbocycles. The SMILES string of the molecule is Cc1cc(OCC(=O)c2ccccc2)c2c3c(c(=O)oc2c1)CCC3. The first-order chi connectivity index (χ1) is 12.1. The molecule has 0 radical (unpaired) electrons. The van der Waals surface area contributed by atoms with Crippen LogP contribution in [0.4, 0.5) is 0 Å². The maximum atomic E-state index is 12.3. The van der Waals surface area contributed by atoms with Crippen molar-refractivity contribution in [3.8, 4) is 5.75 Å². The molecular formula is C21H18O4. The van der Waals surface area contributed by atoms with Crippen LogP contribution in [0.2, 0.25) is 0 Å². The zero-order valence-electron chi connectivity index (χ0n) is 14.0. The van der Waals surface area contributed by atoms with Crippen molar-refractivity contribution in [2.45, 2.75) is 26.2 Å². The molecule has 1 heterocycles. The van der Waals surface area contributed by atoms with Gasteiger partial charge in [-0.05, 0) is 49.4 Å². The molecule has 1 aliphatic carbocycles. The molecule has 4 rings (SSSR count). The van der Waals surface area contributed by atoms with E-state index in [0.717, 1.165) is 41.3 Å². The molecule has 0 amide bonds. The minimum absolute atomic E-state index is 0.0452. The molecule has 4 heteroatoms. The van der Waals surface area contributed by atoms with Crippen LogP contribution in [0.25, 0.3) is 11.0 Å². The number of hydrogen-bond donors (Lipinski definition) is 0. The molecule has 0 bridgehead atoms. The molecule has 4 nitrogen and oxygen atoms in total.